The second-order valence-corrected chi connectivity index (χ2v) is 17.6. The Morgan fingerprint density at radius 1 is 0.868 bits per heavy atom. The lowest BCUT2D eigenvalue weighted by atomic mass is 9.90. The van der Waals surface area contributed by atoms with Crippen LogP contribution < -0.4 is 43.1 Å². The van der Waals surface area contributed by atoms with Crippen LogP contribution in [0.5, 0.6) is 5.75 Å². The van der Waals surface area contributed by atoms with Crippen molar-refractivity contribution >= 4 is 81.6 Å². The normalized spacial score (nSPS) is 14.4. The first-order valence-electron chi connectivity index (χ1n) is 22.0. The van der Waals surface area contributed by atoms with Gasteiger partial charge in [-0.15, -0.1) is 0 Å². The van der Waals surface area contributed by atoms with E-state index >= 15 is 0 Å². The van der Waals surface area contributed by atoms with E-state index in [-0.39, 0.29) is 52.0 Å². The number of nitrogens with zero attached hydrogens (tertiary/aromatic N) is 1. The number of aromatic hydroxyl groups is 1. The van der Waals surface area contributed by atoms with E-state index in [4.69, 9.17) is 27.8 Å². The number of thiocarbonyl (C=S) groups is 1. The minimum absolute atomic E-state index is 0.0691. The van der Waals surface area contributed by atoms with Crippen molar-refractivity contribution in [2.45, 2.75) is 74.4 Å². The number of rotatable bonds is 22. The maximum atomic E-state index is 13.6. The predicted octanol–water partition coefficient (Wildman–Crippen LogP) is 4.42. The van der Waals surface area contributed by atoms with Gasteiger partial charge in [0.05, 0.1) is 11.6 Å². The Labute approximate surface area is 400 Å². The summed E-state index contributed by atoms with van der Waals surface area (Å²) in [5.41, 5.74) is 6.91. The Balaban J connectivity index is 1.05. The molecular formula is C47H53N9O10S2. The maximum Gasteiger partial charge on any atom is 0.336 e. The molecule has 1 fully saturated rings. The summed E-state index contributed by atoms with van der Waals surface area (Å²) in [5.74, 6) is -4.08. The third-order valence-corrected chi connectivity index (χ3v) is 12.4. The number of phenolic OH excluding ortho intramolecular Hbond substituents is 1. The monoisotopic (exact) mass is 967 g/mol. The molecular weight excluding hydrogens is 915 g/mol. The quantitative estimate of drug-likeness (QED) is 0.0114. The fourth-order valence-electron chi connectivity index (χ4n) is 7.71. The van der Waals surface area contributed by atoms with Crippen molar-refractivity contribution in [3.63, 3.8) is 0 Å². The molecule has 0 radical (unpaired) electrons. The van der Waals surface area contributed by atoms with Gasteiger partial charge >= 0.3 is 11.9 Å². The first-order chi connectivity index (χ1) is 32.7. The fourth-order valence-corrected chi connectivity index (χ4v) is 9.03. The predicted molar refractivity (Wildman–Crippen MR) is 262 cm³/mol. The number of aliphatic carboxylic acids is 1. The van der Waals surface area contributed by atoms with Crippen LogP contribution in [0.15, 0.2) is 99.0 Å². The Bertz CT molecular complexity index is 2680. The summed E-state index contributed by atoms with van der Waals surface area (Å²) in [6.07, 6.45) is 3.45. The molecule has 3 aromatic carbocycles. The lowest BCUT2D eigenvalue weighted by molar-refractivity contribution is -0.142. The van der Waals surface area contributed by atoms with Crippen LogP contribution in [0.1, 0.15) is 61.7 Å². The minimum Gasteiger partial charge on any atom is -0.508 e. The summed E-state index contributed by atoms with van der Waals surface area (Å²) in [6, 6.07) is 19.9. The molecule has 358 valence electrons. The molecule has 19 nitrogen and oxygen atoms in total. The van der Waals surface area contributed by atoms with Crippen LogP contribution in [0.4, 0.5) is 5.69 Å². The molecule has 3 amide bonds. The van der Waals surface area contributed by atoms with Gasteiger partial charge < -0.3 is 57.4 Å². The van der Waals surface area contributed by atoms with Gasteiger partial charge in [0.25, 0.3) is 0 Å². The number of hydrogen-bond donors (Lipinski definition) is 11. The number of carboxylic acid groups (broad SMARTS) is 2. The number of aromatic carboxylic acids is 1. The number of benzene rings is 4. The highest BCUT2D eigenvalue weighted by Gasteiger charge is 2.34. The van der Waals surface area contributed by atoms with E-state index in [1.54, 1.807) is 24.3 Å². The largest absolute Gasteiger partial charge is 0.508 e. The van der Waals surface area contributed by atoms with Gasteiger partial charge in [-0.1, -0.05) is 24.3 Å². The molecule has 0 spiro atoms. The Morgan fingerprint density at radius 2 is 1.62 bits per heavy atom. The minimum atomic E-state index is -1.43. The van der Waals surface area contributed by atoms with E-state index in [0.29, 0.717) is 79.5 Å². The van der Waals surface area contributed by atoms with Crippen molar-refractivity contribution in [1.29, 1.82) is 5.41 Å². The topological polar surface area (TPSA) is 302 Å². The molecule has 0 bridgehead atoms. The standard InChI is InChI=1S/C47H53N9O10S2/c48-46(49)50-20-7-5-13-40(59)54-35(42(60)52-26-36(45(64)65)55-43(61)37-12-8-22-56(37)68-30-9-2-1-3-10-30)11-4-6-21-51-47(67)53-27-14-17-31(34(23-27)44(62)63)41-32-18-15-28(57)24-38(32)66-39-25-29(58)16-19-33(39)41/h1-3,9-10,14-19,23-25,35-37,57H,4-8,11-13,20-22,26H2,(H,52,60)(H,54,59)(H,55,61)(H,62,63)(H,64,65)(H4,48,49,50)(H2,51,53,67)/t35-,36-,37-/m0/s1. The van der Waals surface area contributed by atoms with Gasteiger partial charge in [-0.25, -0.2) is 13.9 Å². The zero-order valence-electron chi connectivity index (χ0n) is 36.8. The summed E-state index contributed by atoms with van der Waals surface area (Å²) < 4.78 is 7.83. The molecule has 68 heavy (non-hydrogen) atoms. The van der Waals surface area contributed by atoms with Crippen molar-refractivity contribution in [3.05, 3.63) is 101 Å². The number of anilines is 1. The van der Waals surface area contributed by atoms with E-state index in [0.717, 1.165) is 11.3 Å². The van der Waals surface area contributed by atoms with Crippen LogP contribution in [0, 0.1) is 5.41 Å². The van der Waals surface area contributed by atoms with Gasteiger partial charge in [-0.3, -0.25) is 24.6 Å². The summed E-state index contributed by atoms with van der Waals surface area (Å²) in [7, 11) is 0. The molecule has 21 heteroatoms. The van der Waals surface area contributed by atoms with Gasteiger partial charge in [0.1, 0.15) is 29.2 Å². The van der Waals surface area contributed by atoms with Gasteiger partial charge in [0.2, 0.25) is 17.7 Å². The van der Waals surface area contributed by atoms with Crippen LogP contribution >= 0.6 is 24.2 Å². The second kappa shape index (κ2) is 24.0. The summed E-state index contributed by atoms with van der Waals surface area (Å²) in [5, 5.41) is 55.2. The number of unbranched alkanes of at least 4 members (excludes halogenated alkanes) is 2. The molecule has 2 heterocycles. The lowest BCUT2D eigenvalue weighted by Gasteiger charge is -2.25. The van der Waals surface area contributed by atoms with Crippen LogP contribution in [-0.2, 0) is 19.2 Å². The summed E-state index contributed by atoms with van der Waals surface area (Å²) in [6.45, 7) is 0.943. The fraction of sp³-hybridized carbons (Fsp3) is 0.319. The number of hydrogen-bond acceptors (Lipinski definition) is 12. The number of carboxylic acids is 2. The highest BCUT2D eigenvalue weighted by atomic mass is 32.2. The Hall–Kier alpha value is -7.23. The first-order valence-corrected chi connectivity index (χ1v) is 23.1. The summed E-state index contributed by atoms with van der Waals surface area (Å²) >= 11 is 6.94. The molecule has 6 rings (SSSR count). The maximum absolute atomic E-state index is 13.6. The molecule has 0 aromatic heterocycles. The molecule has 2 aliphatic heterocycles. The third-order valence-electron chi connectivity index (χ3n) is 11.0. The number of phenols is 1. The van der Waals surface area contributed by atoms with E-state index < -0.39 is 54.3 Å². The Kier molecular flexibility index (Phi) is 17.7. The zero-order chi connectivity index (χ0) is 48.7. The number of nitrogens with one attached hydrogen (secondary N) is 7. The number of guanidine groups is 1. The molecule has 3 atom stereocenters. The van der Waals surface area contributed by atoms with Gasteiger partial charge in [-0.2, -0.15) is 0 Å². The molecule has 3 aromatic rings. The average Bonchev–Trinajstić information content (AvgIpc) is 3.77. The van der Waals surface area contributed by atoms with Crippen LogP contribution in [-0.4, -0.2) is 105 Å². The van der Waals surface area contributed by atoms with Crippen LogP contribution in [0.25, 0.3) is 33.4 Å². The molecule has 1 saturated heterocycles. The van der Waals surface area contributed by atoms with Gasteiger partial charge in [-0.05, 0) is 123 Å². The van der Waals surface area contributed by atoms with Crippen molar-refractivity contribution in [2.75, 3.05) is 31.5 Å². The van der Waals surface area contributed by atoms with Crippen LogP contribution in [0.2, 0.25) is 0 Å². The average molecular weight is 968 g/mol. The first kappa shape index (κ1) is 50.2. The molecule has 1 aliphatic carbocycles. The molecule has 0 unspecified atom stereocenters. The number of amides is 3. The number of fused-ring (bicyclic) bond motifs is 2. The van der Waals surface area contributed by atoms with Crippen molar-refractivity contribution < 1.29 is 43.7 Å². The highest BCUT2D eigenvalue weighted by molar-refractivity contribution is 7.97. The van der Waals surface area contributed by atoms with Crippen molar-refractivity contribution in [1.82, 2.24) is 30.9 Å². The van der Waals surface area contributed by atoms with E-state index in [9.17, 15) is 44.1 Å². The highest BCUT2D eigenvalue weighted by Crippen LogP contribution is 2.42. The van der Waals surface area contributed by atoms with Gasteiger partial charge in [0, 0.05) is 71.8 Å². The second-order valence-electron chi connectivity index (χ2n) is 16.0. The van der Waals surface area contributed by atoms with E-state index in [1.165, 1.54) is 42.3 Å². The lowest BCUT2D eigenvalue weighted by Crippen LogP contribution is -2.55. The van der Waals surface area contributed by atoms with Crippen LogP contribution in [0.3, 0.4) is 0 Å². The molecule has 12 N–H and O–H groups in total. The zero-order valence-corrected chi connectivity index (χ0v) is 38.5. The SMILES string of the molecule is N=C(N)NCCCCC(=O)N[C@@H](CCCCNC(=S)Nc1ccc(-c2c3ccc(=O)cc-3oc3cc(O)ccc23)c(C(=O)O)c1)C(=O)NC[C@H](NC(=O)[C@@H]1CCCN1Sc1ccccc1)C(=O)O. The molecule has 3 aliphatic rings. The van der Waals surface area contributed by atoms with Crippen molar-refractivity contribution in [2.24, 2.45) is 5.73 Å². The Morgan fingerprint density at radius 3 is 2.37 bits per heavy atom. The van der Waals surface area contributed by atoms with Crippen molar-refractivity contribution in [3.8, 4) is 28.2 Å². The third kappa shape index (κ3) is 13.9. The van der Waals surface area contributed by atoms with E-state index in [1.807, 2.05) is 34.6 Å². The smallest absolute Gasteiger partial charge is 0.336 e. The summed E-state index contributed by atoms with van der Waals surface area (Å²) in [4.78, 5) is 78.0. The van der Waals surface area contributed by atoms with E-state index in [2.05, 4.69) is 31.9 Å². The number of carbonyl (C=O) groups is 5. The number of nitrogens with two attached hydrogens (primary N) is 1. The molecule has 0 saturated carbocycles. The van der Waals surface area contributed by atoms with Gasteiger partial charge in [0.15, 0.2) is 16.5 Å². The number of carbonyl (C=O) groups excluding carboxylic acids is 3.